The molecule has 3 rings (SSSR count). The number of carbonyl (C=O) groups excluding carboxylic acids is 1. The molecule has 0 unspecified atom stereocenters. The summed E-state index contributed by atoms with van der Waals surface area (Å²) in [4.78, 5) is 12.7. The first-order valence-electron chi connectivity index (χ1n) is 7.26. The number of anilines is 2. The Labute approximate surface area is 138 Å². The van der Waals surface area contributed by atoms with E-state index in [1.165, 1.54) is 11.0 Å². The van der Waals surface area contributed by atoms with Gasteiger partial charge in [0.15, 0.2) is 0 Å². The maximum atomic E-state index is 13.8. The maximum absolute atomic E-state index is 13.8. The van der Waals surface area contributed by atoms with Crippen molar-refractivity contribution >= 4 is 27.3 Å². The van der Waals surface area contributed by atoms with Gasteiger partial charge < -0.3 is 4.90 Å². The Balaban J connectivity index is 1.97. The highest BCUT2D eigenvalue weighted by molar-refractivity contribution is 7.92. The lowest BCUT2D eigenvalue weighted by molar-refractivity contribution is -0.117. The summed E-state index contributed by atoms with van der Waals surface area (Å²) >= 11 is 0. The fraction of sp³-hybridized carbons (Fsp3) is 0.188. The average Bonchev–Trinajstić information content (AvgIpc) is 2.93. The zero-order chi connectivity index (χ0) is 17.3. The fourth-order valence-corrected chi connectivity index (χ4v) is 3.73. The minimum absolute atomic E-state index is 0.102. The van der Waals surface area contributed by atoms with Crippen LogP contribution in [0.3, 0.4) is 0 Å². The second-order valence-corrected chi connectivity index (χ2v) is 7.00. The summed E-state index contributed by atoms with van der Waals surface area (Å²) in [5, 5.41) is 0. The van der Waals surface area contributed by atoms with Crippen molar-refractivity contribution in [2.24, 2.45) is 0 Å². The van der Waals surface area contributed by atoms with Gasteiger partial charge in [0.1, 0.15) is 16.5 Å². The number of sulfonamides is 1. The number of hydrogen-bond donors (Lipinski definition) is 1. The Morgan fingerprint density at radius 1 is 1.08 bits per heavy atom. The first-order chi connectivity index (χ1) is 11.4. The molecule has 1 aliphatic rings. The van der Waals surface area contributed by atoms with Gasteiger partial charge in [-0.05, 0) is 30.7 Å². The molecule has 1 aliphatic heterocycles. The molecule has 5 nitrogen and oxygen atoms in total. The number of benzene rings is 2. The Morgan fingerprint density at radius 3 is 2.50 bits per heavy atom. The molecular formula is C16H14F2N2O3S. The summed E-state index contributed by atoms with van der Waals surface area (Å²) in [7, 11) is -4.26. The van der Waals surface area contributed by atoms with E-state index in [2.05, 4.69) is 4.72 Å². The lowest BCUT2D eigenvalue weighted by atomic mass is 10.2. The average molecular weight is 352 g/mol. The molecule has 1 saturated heterocycles. The van der Waals surface area contributed by atoms with Crippen LogP contribution in [-0.4, -0.2) is 20.9 Å². The molecule has 0 bridgehead atoms. The van der Waals surface area contributed by atoms with Crippen molar-refractivity contribution in [3.8, 4) is 0 Å². The third-order valence-corrected chi connectivity index (χ3v) is 5.09. The van der Waals surface area contributed by atoms with Crippen molar-refractivity contribution in [3.63, 3.8) is 0 Å². The number of halogens is 2. The van der Waals surface area contributed by atoms with Crippen LogP contribution in [0.25, 0.3) is 0 Å². The number of nitrogens with zero attached hydrogens (tertiary/aromatic N) is 1. The molecule has 0 radical (unpaired) electrons. The molecule has 24 heavy (non-hydrogen) atoms. The Morgan fingerprint density at radius 2 is 1.83 bits per heavy atom. The smallest absolute Gasteiger partial charge is 0.264 e. The van der Waals surface area contributed by atoms with E-state index >= 15 is 0 Å². The zero-order valence-corrected chi connectivity index (χ0v) is 13.3. The summed E-state index contributed by atoms with van der Waals surface area (Å²) in [5.41, 5.74) is 0.572. The van der Waals surface area contributed by atoms with Crippen molar-refractivity contribution < 1.29 is 22.0 Å². The Hall–Kier alpha value is -2.48. The van der Waals surface area contributed by atoms with Gasteiger partial charge in [-0.25, -0.2) is 17.2 Å². The third-order valence-electron chi connectivity index (χ3n) is 3.70. The van der Waals surface area contributed by atoms with E-state index in [9.17, 15) is 22.0 Å². The predicted molar refractivity (Wildman–Crippen MR) is 85.2 cm³/mol. The molecule has 126 valence electrons. The molecule has 8 heteroatoms. The number of para-hydroxylation sites is 2. The van der Waals surface area contributed by atoms with E-state index in [0.717, 1.165) is 12.1 Å². The topological polar surface area (TPSA) is 66.5 Å². The largest absolute Gasteiger partial charge is 0.310 e. The molecule has 2 aromatic rings. The van der Waals surface area contributed by atoms with E-state index in [4.69, 9.17) is 0 Å². The summed E-state index contributed by atoms with van der Waals surface area (Å²) < 4.78 is 53.9. The van der Waals surface area contributed by atoms with Gasteiger partial charge in [-0.15, -0.1) is 0 Å². The second kappa shape index (κ2) is 6.20. The second-order valence-electron chi connectivity index (χ2n) is 5.35. The Bertz CT molecular complexity index is 900. The zero-order valence-electron chi connectivity index (χ0n) is 12.5. The summed E-state index contributed by atoms with van der Waals surface area (Å²) in [6.07, 6.45) is 1.08. The van der Waals surface area contributed by atoms with Gasteiger partial charge in [0.05, 0.1) is 11.4 Å². The fourth-order valence-electron chi connectivity index (χ4n) is 2.59. The van der Waals surface area contributed by atoms with Gasteiger partial charge in [-0.2, -0.15) is 0 Å². The van der Waals surface area contributed by atoms with Crippen molar-refractivity contribution in [1.29, 1.82) is 0 Å². The van der Waals surface area contributed by atoms with Crippen LogP contribution in [0.4, 0.5) is 20.2 Å². The van der Waals surface area contributed by atoms with Crippen LogP contribution in [0.5, 0.6) is 0 Å². The normalized spacial score (nSPS) is 14.9. The molecule has 1 N–H and O–H groups in total. The van der Waals surface area contributed by atoms with Crippen molar-refractivity contribution in [3.05, 3.63) is 54.1 Å². The van der Waals surface area contributed by atoms with Gasteiger partial charge in [-0.3, -0.25) is 9.52 Å². The van der Waals surface area contributed by atoms with Crippen molar-refractivity contribution in [1.82, 2.24) is 0 Å². The predicted octanol–water partition coefficient (Wildman–Crippen LogP) is 2.89. The van der Waals surface area contributed by atoms with Crippen LogP contribution in [0.2, 0.25) is 0 Å². The number of amides is 1. The standard InChI is InChI=1S/C16H14F2N2O3S/c17-11-7-8-15(12(18)10-11)24(22,23)19-13-4-1-2-5-14(13)20-9-3-6-16(20)21/h1-2,4-5,7-8,10,19H,3,6,9H2. The van der Waals surface area contributed by atoms with Gasteiger partial charge in [0, 0.05) is 19.0 Å². The van der Waals surface area contributed by atoms with Crippen LogP contribution >= 0.6 is 0 Å². The van der Waals surface area contributed by atoms with E-state index in [-0.39, 0.29) is 11.6 Å². The number of carbonyl (C=O) groups is 1. The van der Waals surface area contributed by atoms with Crippen LogP contribution < -0.4 is 9.62 Å². The minimum Gasteiger partial charge on any atom is -0.310 e. The van der Waals surface area contributed by atoms with Crippen molar-refractivity contribution in [2.45, 2.75) is 17.7 Å². The lowest BCUT2D eigenvalue weighted by Crippen LogP contribution is -2.25. The van der Waals surface area contributed by atoms with Crippen LogP contribution in [-0.2, 0) is 14.8 Å². The Kier molecular flexibility index (Phi) is 4.23. The highest BCUT2D eigenvalue weighted by Gasteiger charge is 2.26. The maximum Gasteiger partial charge on any atom is 0.264 e. The quantitative estimate of drug-likeness (QED) is 0.920. The molecule has 0 saturated carbocycles. The lowest BCUT2D eigenvalue weighted by Gasteiger charge is -2.20. The summed E-state index contributed by atoms with van der Waals surface area (Å²) in [6, 6.07) is 8.61. The molecule has 1 heterocycles. The molecule has 1 fully saturated rings. The number of hydrogen-bond acceptors (Lipinski definition) is 3. The molecule has 0 atom stereocenters. The van der Waals surface area contributed by atoms with Crippen LogP contribution in [0.15, 0.2) is 47.4 Å². The van der Waals surface area contributed by atoms with Gasteiger partial charge in [0.25, 0.3) is 10.0 Å². The minimum atomic E-state index is -4.26. The molecular weight excluding hydrogens is 338 g/mol. The van der Waals surface area contributed by atoms with Crippen LogP contribution in [0.1, 0.15) is 12.8 Å². The van der Waals surface area contributed by atoms with Gasteiger partial charge in [0.2, 0.25) is 5.91 Å². The van der Waals surface area contributed by atoms with Gasteiger partial charge in [-0.1, -0.05) is 12.1 Å². The van der Waals surface area contributed by atoms with E-state index < -0.39 is 26.6 Å². The first kappa shape index (κ1) is 16.4. The molecule has 2 aromatic carbocycles. The monoisotopic (exact) mass is 352 g/mol. The highest BCUT2D eigenvalue weighted by atomic mass is 32.2. The molecule has 0 spiro atoms. The summed E-state index contributed by atoms with van der Waals surface area (Å²) in [5.74, 6) is -2.15. The molecule has 0 aromatic heterocycles. The number of rotatable bonds is 4. The SMILES string of the molecule is O=C1CCCN1c1ccccc1NS(=O)(=O)c1ccc(F)cc1F. The first-order valence-corrected chi connectivity index (χ1v) is 8.74. The third kappa shape index (κ3) is 3.09. The number of nitrogens with one attached hydrogen (secondary N) is 1. The van der Waals surface area contributed by atoms with Gasteiger partial charge >= 0.3 is 0 Å². The van der Waals surface area contributed by atoms with E-state index in [1.807, 2.05) is 0 Å². The highest BCUT2D eigenvalue weighted by Crippen LogP contribution is 2.31. The van der Waals surface area contributed by atoms with E-state index in [1.54, 1.807) is 18.2 Å². The molecule has 1 amide bonds. The summed E-state index contributed by atoms with van der Waals surface area (Å²) in [6.45, 7) is 0.489. The van der Waals surface area contributed by atoms with E-state index in [0.29, 0.717) is 31.1 Å². The molecule has 0 aliphatic carbocycles. The van der Waals surface area contributed by atoms with Crippen LogP contribution in [0, 0.1) is 11.6 Å². The van der Waals surface area contributed by atoms with Crippen molar-refractivity contribution in [2.75, 3.05) is 16.2 Å².